The van der Waals surface area contributed by atoms with E-state index in [0.29, 0.717) is 6.04 Å². The van der Waals surface area contributed by atoms with Crippen LogP contribution in [0.1, 0.15) is 18.4 Å². The third-order valence-corrected chi connectivity index (χ3v) is 3.76. The highest BCUT2D eigenvalue weighted by atomic mass is 16.5. The highest BCUT2D eigenvalue weighted by Crippen LogP contribution is 2.36. The van der Waals surface area contributed by atoms with Crippen molar-refractivity contribution in [3.8, 4) is 22.6 Å². The zero-order valence-corrected chi connectivity index (χ0v) is 12.4. The summed E-state index contributed by atoms with van der Waals surface area (Å²) < 4.78 is 10.9. The summed E-state index contributed by atoms with van der Waals surface area (Å²) in [6.45, 7) is 0.836. The van der Waals surface area contributed by atoms with Gasteiger partial charge in [0.15, 0.2) is 11.5 Å². The predicted molar refractivity (Wildman–Crippen MR) is 82.6 cm³/mol. The molecule has 0 unspecified atom stereocenters. The number of rotatable bonds is 6. The maximum Gasteiger partial charge on any atom is 0.161 e. The fraction of sp³-hybridized carbons (Fsp3) is 0.353. The van der Waals surface area contributed by atoms with Gasteiger partial charge in [-0.2, -0.15) is 0 Å². The fourth-order valence-electron chi connectivity index (χ4n) is 2.41. The number of benzene rings is 1. The van der Waals surface area contributed by atoms with Gasteiger partial charge in [0.25, 0.3) is 0 Å². The molecule has 110 valence electrons. The molecule has 1 N–H and O–H groups in total. The largest absolute Gasteiger partial charge is 0.493 e. The van der Waals surface area contributed by atoms with Gasteiger partial charge >= 0.3 is 0 Å². The Hall–Kier alpha value is -2.07. The second-order valence-corrected chi connectivity index (χ2v) is 5.26. The number of hydrogen-bond acceptors (Lipinski definition) is 4. The molecule has 0 bridgehead atoms. The lowest BCUT2D eigenvalue weighted by Crippen LogP contribution is -2.16. The van der Waals surface area contributed by atoms with E-state index >= 15 is 0 Å². The van der Waals surface area contributed by atoms with Crippen LogP contribution in [0.4, 0.5) is 0 Å². The molecule has 0 amide bonds. The van der Waals surface area contributed by atoms with Crippen LogP contribution in [-0.4, -0.2) is 25.2 Å². The SMILES string of the molecule is COc1cc(CNC2CC2)c(-c2ccncc2)cc1OC. The molecule has 0 saturated heterocycles. The van der Waals surface area contributed by atoms with Gasteiger partial charge in [-0.3, -0.25) is 4.98 Å². The average Bonchev–Trinajstić information content (AvgIpc) is 3.37. The highest BCUT2D eigenvalue weighted by molar-refractivity contribution is 5.71. The van der Waals surface area contributed by atoms with Crippen LogP contribution in [-0.2, 0) is 6.54 Å². The first kappa shape index (κ1) is 13.9. The molecule has 0 spiro atoms. The summed E-state index contributed by atoms with van der Waals surface area (Å²) in [7, 11) is 3.33. The zero-order chi connectivity index (χ0) is 14.7. The lowest BCUT2D eigenvalue weighted by molar-refractivity contribution is 0.354. The molecular formula is C17H20N2O2. The summed E-state index contributed by atoms with van der Waals surface area (Å²) in [5.41, 5.74) is 3.51. The van der Waals surface area contributed by atoms with E-state index in [1.54, 1.807) is 14.2 Å². The molecule has 1 fully saturated rings. The van der Waals surface area contributed by atoms with Gasteiger partial charge in [-0.25, -0.2) is 0 Å². The zero-order valence-electron chi connectivity index (χ0n) is 12.4. The Bertz CT molecular complexity index is 610. The Balaban J connectivity index is 2.00. The number of aromatic nitrogens is 1. The standard InChI is InChI=1S/C17H20N2O2/c1-20-16-9-13(11-19-14-3-4-14)15(10-17(16)21-2)12-5-7-18-8-6-12/h5-10,14,19H,3-4,11H2,1-2H3. The molecular weight excluding hydrogens is 264 g/mol. The van der Waals surface area contributed by atoms with Crippen molar-refractivity contribution in [2.24, 2.45) is 0 Å². The number of pyridine rings is 1. The van der Waals surface area contributed by atoms with Crippen LogP contribution in [0.5, 0.6) is 11.5 Å². The van der Waals surface area contributed by atoms with E-state index in [9.17, 15) is 0 Å². The first-order valence-corrected chi connectivity index (χ1v) is 7.20. The summed E-state index contributed by atoms with van der Waals surface area (Å²) in [5, 5.41) is 3.56. The van der Waals surface area contributed by atoms with Crippen LogP contribution in [0, 0.1) is 0 Å². The first-order chi connectivity index (χ1) is 10.3. The van der Waals surface area contributed by atoms with Crippen LogP contribution in [0.25, 0.3) is 11.1 Å². The molecule has 0 atom stereocenters. The van der Waals surface area contributed by atoms with Crippen LogP contribution in [0.2, 0.25) is 0 Å². The third kappa shape index (κ3) is 3.16. The van der Waals surface area contributed by atoms with Crippen LogP contribution in [0.15, 0.2) is 36.7 Å². The van der Waals surface area contributed by atoms with Crippen molar-refractivity contribution in [1.29, 1.82) is 0 Å². The molecule has 4 nitrogen and oxygen atoms in total. The van der Waals surface area contributed by atoms with Gasteiger partial charge in [-0.1, -0.05) is 0 Å². The predicted octanol–water partition coefficient (Wildman–Crippen LogP) is 3.02. The van der Waals surface area contributed by atoms with Crippen molar-refractivity contribution in [3.05, 3.63) is 42.2 Å². The Morgan fingerprint density at radius 2 is 1.76 bits per heavy atom. The molecule has 1 heterocycles. The molecule has 21 heavy (non-hydrogen) atoms. The normalized spacial score (nSPS) is 14.0. The maximum absolute atomic E-state index is 5.43. The minimum Gasteiger partial charge on any atom is -0.493 e. The molecule has 0 radical (unpaired) electrons. The summed E-state index contributed by atoms with van der Waals surface area (Å²) in [6.07, 6.45) is 6.17. The Morgan fingerprint density at radius 3 is 2.38 bits per heavy atom. The van der Waals surface area contributed by atoms with Gasteiger partial charge in [0.2, 0.25) is 0 Å². The molecule has 3 rings (SSSR count). The smallest absolute Gasteiger partial charge is 0.161 e. The molecule has 1 aromatic heterocycles. The minimum absolute atomic E-state index is 0.670. The van der Waals surface area contributed by atoms with E-state index in [1.807, 2.05) is 30.6 Å². The number of ether oxygens (including phenoxy) is 2. The third-order valence-electron chi connectivity index (χ3n) is 3.76. The molecule has 2 aromatic rings. The van der Waals surface area contributed by atoms with Gasteiger partial charge in [-0.05, 0) is 53.8 Å². The van der Waals surface area contributed by atoms with E-state index in [1.165, 1.54) is 18.4 Å². The average molecular weight is 284 g/mol. The van der Waals surface area contributed by atoms with Gasteiger partial charge in [-0.15, -0.1) is 0 Å². The first-order valence-electron chi connectivity index (χ1n) is 7.20. The highest BCUT2D eigenvalue weighted by Gasteiger charge is 2.21. The molecule has 4 heteroatoms. The number of methoxy groups -OCH3 is 2. The van der Waals surface area contributed by atoms with E-state index in [2.05, 4.69) is 16.4 Å². The lowest BCUT2D eigenvalue weighted by atomic mass is 9.99. The van der Waals surface area contributed by atoms with Crippen molar-refractivity contribution in [3.63, 3.8) is 0 Å². The van der Waals surface area contributed by atoms with Crippen LogP contribution >= 0.6 is 0 Å². The molecule has 1 aromatic carbocycles. The van der Waals surface area contributed by atoms with E-state index in [0.717, 1.165) is 29.2 Å². The second kappa shape index (κ2) is 6.14. The minimum atomic E-state index is 0.670. The summed E-state index contributed by atoms with van der Waals surface area (Å²) in [6, 6.07) is 8.80. The van der Waals surface area contributed by atoms with Gasteiger partial charge in [0.1, 0.15) is 0 Å². The van der Waals surface area contributed by atoms with E-state index in [4.69, 9.17) is 9.47 Å². The molecule has 1 saturated carbocycles. The van der Waals surface area contributed by atoms with Crippen molar-refractivity contribution in [2.45, 2.75) is 25.4 Å². The maximum atomic E-state index is 5.43. The van der Waals surface area contributed by atoms with E-state index in [-0.39, 0.29) is 0 Å². The van der Waals surface area contributed by atoms with E-state index < -0.39 is 0 Å². The molecule has 1 aliphatic rings. The fourth-order valence-corrected chi connectivity index (χ4v) is 2.41. The Labute approximate surface area is 125 Å². The van der Waals surface area contributed by atoms with Crippen LogP contribution < -0.4 is 14.8 Å². The van der Waals surface area contributed by atoms with Gasteiger partial charge in [0.05, 0.1) is 14.2 Å². The van der Waals surface area contributed by atoms with Gasteiger partial charge < -0.3 is 14.8 Å². The van der Waals surface area contributed by atoms with Crippen molar-refractivity contribution >= 4 is 0 Å². The molecule has 0 aliphatic heterocycles. The summed E-state index contributed by atoms with van der Waals surface area (Å²) in [4.78, 5) is 4.09. The van der Waals surface area contributed by atoms with Crippen molar-refractivity contribution in [2.75, 3.05) is 14.2 Å². The Kier molecular flexibility index (Phi) is 4.06. The number of hydrogen-bond donors (Lipinski definition) is 1. The summed E-state index contributed by atoms with van der Waals surface area (Å²) >= 11 is 0. The number of nitrogens with zero attached hydrogens (tertiary/aromatic N) is 1. The lowest BCUT2D eigenvalue weighted by Gasteiger charge is -2.15. The van der Waals surface area contributed by atoms with Crippen molar-refractivity contribution in [1.82, 2.24) is 10.3 Å². The quantitative estimate of drug-likeness (QED) is 0.885. The monoisotopic (exact) mass is 284 g/mol. The summed E-state index contributed by atoms with van der Waals surface area (Å²) in [5.74, 6) is 1.52. The van der Waals surface area contributed by atoms with Gasteiger partial charge in [0, 0.05) is 25.0 Å². The topological polar surface area (TPSA) is 43.4 Å². The van der Waals surface area contributed by atoms with Crippen LogP contribution in [0.3, 0.4) is 0 Å². The van der Waals surface area contributed by atoms with Crippen molar-refractivity contribution < 1.29 is 9.47 Å². The Morgan fingerprint density at radius 1 is 1.10 bits per heavy atom. The second-order valence-electron chi connectivity index (χ2n) is 5.26. The number of nitrogens with one attached hydrogen (secondary N) is 1. The molecule has 1 aliphatic carbocycles.